The Morgan fingerprint density at radius 3 is 1.80 bits per heavy atom. The molecule has 20 heavy (non-hydrogen) atoms. The summed E-state index contributed by atoms with van der Waals surface area (Å²) in [7, 11) is 1.38. The molecule has 0 N–H and O–H groups in total. The molecule has 3 heteroatoms. The SMILES string of the molecule is CCCCCCCCCCCCC(CC)C(=O)OOC. The van der Waals surface area contributed by atoms with E-state index in [1.807, 2.05) is 6.92 Å². The summed E-state index contributed by atoms with van der Waals surface area (Å²) in [6.45, 7) is 4.28. The normalized spacial score (nSPS) is 12.3. The van der Waals surface area contributed by atoms with Crippen molar-refractivity contribution in [1.82, 2.24) is 0 Å². The van der Waals surface area contributed by atoms with Gasteiger partial charge < -0.3 is 0 Å². The molecule has 0 radical (unpaired) electrons. The largest absolute Gasteiger partial charge is 0.345 e. The van der Waals surface area contributed by atoms with E-state index < -0.39 is 0 Å². The molecule has 1 unspecified atom stereocenters. The summed E-state index contributed by atoms with van der Waals surface area (Å²) < 4.78 is 0. The van der Waals surface area contributed by atoms with Crippen LogP contribution < -0.4 is 0 Å². The Morgan fingerprint density at radius 2 is 1.35 bits per heavy atom. The third-order valence-electron chi connectivity index (χ3n) is 3.90. The summed E-state index contributed by atoms with van der Waals surface area (Å²) in [4.78, 5) is 20.6. The van der Waals surface area contributed by atoms with Crippen LogP contribution in [0.4, 0.5) is 0 Å². The van der Waals surface area contributed by atoms with Crippen molar-refractivity contribution in [3.63, 3.8) is 0 Å². The first-order chi connectivity index (χ1) is 9.76. The lowest BCUT2D eigenvalue weighted by atomic mass is 9.98. The van der Waals surface area contributed by atoms with E-state index in [0.717, 1.165) is 19.3 Å². The Bertz CT molecular complexity index is 216. The summed E-state index contributed by atoms with van der Waals surface area (Å²) in [5.74, 6) is -0.213. The first-order valence-electron chi connectivity index (χ1n) is 8.50. The standard InChI is InChI=1S/C17H34O3/c1-4-6-7-8-9-10-11-12-13-14-15-16(5-2)17(18)20-19-3/h16H,4-15H2,1-3H3. The summed E-state index contributed by atoms with van der Waals surface area (Å²) in [6.07, 6.45) is 15.0. The molecule has 0 spiro atoms. The first-order valence-corrected chi connectivity index (χ1v) is 8.50. The Kier molecular flexibility index (Phi) is 14.4. The summed E-state index contributed by atoms with van der Waals surface area (Å²) in [6, 6.07) is 0. The highest BCUT2D eigenvalue weighted by atomic mass is 17.2. The van der Waals surface area contributed by atoms with Crippen LogP contribution in [-0.4, -0.2) is 13.1 Å². The van der Waals surface area contributed by atoms with Crippen LogP contribution in [-0.2, 0) is 14.6 Å². The van der Waals surface area contributed by atoms with Gasteiger partial charge in [0.05, 0.1) is 13.0 Å². The van der Waals surface area contributed by atoms with E-state index >= 15 is 0 Å². The van der Waals surface area contributed by atoms with Crippen molar-refractivity contribution in [2.75, 3.05) is 7.11 Å². The van der Waals surface area contributed by atoms with Gasteiger partial charge in [0.25, 0.3) is 0 Å². The quantitative estimate of drug-likeness (QED) is 0.243. The lowest BCUT2D eigenvalue weighted by molar-refractivity contribution is -0.259. The minimum Gasteiger partial charge on any atom is -0.298 e. The first kappa shape index (κ1) is 19.4. The van der Waals surface area contributed by atoms with Crippen molar-refractivity contribution in [1.29, 1.82) is 0 Å². The van der Waals surface area contributed by atoms with E-state index in [1.165, 1.54) is 64.9 Å². The van der Waals surface area contributed by atoms with Crippen molar-refractivity contribution >= 4 is 5.97 Å². The van der Waals surface area contributed by atoms with E-state index in [2.05, 4.69) is 16.7 Å². The summed E-state index contributed by atoms with van der Waals surface area (Å²) in [5, 5.41) is 0. The van der Waals surface area contributed by atoms with Crippen molar-refractivity contribution in [2.45, 2.75) is 90.9 Å². The molecule has 0 aliphatic heterocycles. The number of carbonyl (C=O) groups excluding carboxylic acids is 1. The van der Waals surface area contributed by atoms with Gasteiger partial charge in [0.2, 0.25) is 0 Å². The maximum atomic E-state index is 11.5. The molecule has 0 heterocycles. The van der Waals surface area contributed by atoms with Gasteiger partial charge in [-0.15, -0.1) is 0 Å². The fraction of sp³-hybridized carbons (Fsp3) is 0.941. The number of carbonyl (C=O) groups is 1. The molecule has 0 aromatic rings. The molecular formula is C17H34O3. The van der Waals surface area contributed by atoms with Crippen LogP contribution in [0.2, 0.25) is 0 Å². The molecule has 3 nitrogen and oxygen atoms in total. The van der Waals surface area contributed by atoms with Gasteiger partial charge in [0.15, 0.2) is 0 Å². The van der Waals surface area contributed by atoms with Crippen molar-refractivity contribution in [3.05, 3.63) is 0 Å². The van der Waals surface area contributed by atoms with Crippen molar-refractivity contribution < 1.29 is 14.6 Å². The van der Waals surface area contributed by atoms with Gasteiger partial charge >= 0.3 is 5.97 Å². The second-order valence-corrected chi connectivity index (χ2v) is 5.64. The Morgan fingerprint density at radius 1 is 0.850 bits per heavy atom. The summed E-state index contributed by atoms with van der Waals surface area (Å²) in [5.41, 5.74) is 0. The zero-order valence-corrected chi connectivity index (χ0v) is 13.8. The highest BCUT2D eigenvalue weighted by Gasteiger charge is 2.18. The predicted molar refractivity (Wildman–Crippen MR) is 83.3 cm³/mol. The van der Waals surface area contributed by atoms with Crippen LogP contribution in [0.25, 0.3) is 0 Å². The topological polar surface area (TPSA) is 35.5 Å². The average molecular weight is 286 g/mol. The lowest BCUT2D eigenvalue weighted by Crippen LogP contribution is -2.16. The van der Waals surface area contributed by atoms with E-state index in [0.29, 0.717) is 0 Å². The van der Waals surface area contributed by atoms with Gasteiger partial charge in [0, 0.05) is 0 Å². The molecule has 0 rings (SSSR count). The van der Waals surface area contributed by atoms with Crippen LogP contribution in [0.5, 0.6) is 0 Å². The highest BCUT2D eigenvalue weighted by Crippen LogP contribution is 2.17. The molecule has 0 saturated carbocycles. The maximum absolute atomic E-state index is 11.5. The lowest BCUT2D eigenvalue weighted by Gasteiger charge is -2.11. The van der Waals surface area contributed by atoms with Gasteiger partial charge in [-0.2, -0.15) is 4.89 Å². The predicted octanol–water partition coefficient (Wildman–Crippen LogP) is 5.43. The second kappa shape index (κ2) is 14.8. The molecule has 1 atom stereocenters. The summed E-state index contributed by atoms with van der Waals surface area (Å²) >= 11 is 0. The average Bonchev–Trinajstić information content (AvgIpc) is 2.45. The van der Waals surface area contributed by atoms with E-state index in [4.69, 9.17) is 0 Å². The van der Waals surface area contributed by atoms with Gasteiger partial charge in [-0.3, -0.25) is 4.89 Å². The van der Waals surface area contributed by atoms with E-state index in [9.17, 15) is 4.79 Å². The van der Waals surface area contributed by atoms with E-state index in [1.54, 1.807) is 0 Å². The number of hydrogen-bond donors (Lipinski definition) is 0. The molecule has 0 aliphatic carbocycles. The van der Waals surface area contributed by atoms with Gasteiger partial charge in [0.1, 0.15) is 0 Å². The van der Waals surface area contributed by atoms with Gasteiger partial charge in [-0.05, 0) is 12.8 Å². The smallest absolute Gasteiger partial charge is 0.298 e. The third kappa shape index (κ3) is 11.3. The molecule has 0 bridgehead atoms. The Labute approximate surface area is 125 Å². The molecule has 120 valence electrons. The van der Waals surface area contributed by atoms with Crippen LogP contribution in [0.3, 0.4) is 0 Å². The number of hydrogen-bond acceptors (Lipinski definition) is 3. The molecular weight excluding hydrogens is 252 g/mol. The van der Waals surface area contributed by atoms with E-state index in [-0.39, 0.29) is 11.9 Å². The second-order valence-electron chi connectivity index (χ2n) is 5.64. The minimum atomic E-state index is -0.217. The molecule has 0 fully saturated rings. The van der Waals surface area contributed by atoms with Gasteiger partial charge in [-0.25, -0.2) is 4.79 Å². The molecule has 0 amide bonds. The zero-order chi connectivity index (χ0) is 15.1. The van der Waals surface area contributed by atoms with Crippen LogP contribution >= 0.6 is 0 Å². The van der Waals surface area contributed by atoms with Crippen LogP contribution in [0, 0.1) is 5.92 Å². The Balaban J connectivity index is 3.35. The highest BCUT2D eigenvalue weighted by molar-refractivity contribution is 5.71. The van der Waals surface area contributed by atoms with Crippen molar-refractivity contribution in [2.24, 2.45) is 5.92 Å². The van der Waals surface area contributed by atoms with Crippen LogP contribution in [0.1, 0.15) is 90.9 Å². The zero-order valence-electron chi connectivity index (χ0n) is 13.8. The molecule has 0 aliphatic rings. The molecule has 0 saturated heterocycles. The maximum Gasteiger partial charge on any atom is 0.345 e. The monoisotopic (exact) mass is 286 g/mol. The fourth-order valence-electron chi connectivity index (χ4n) is 2.52. The fourth-order valence-corrected chi connectivity index (χ4v) is 2.52. The molecule has 0 aromatic heterocycles. The number of unbranched alkanes of at least 4 members (excludes halogenated alkanes) is 9. The molecule has 0 aromatic carbocycles. The van der Waals surface area contributed by atoms with Gasteiger partial charge in [-0.1, -0.05) is 78.1 Å². The Hall–Kier alpha value is -0.570. The number of rotatable bonds is 14. The third-order valence-corrected chi connectivity index (χ3v) is 3.90. The van der Waals surface area contributed by atoms with Crippen molar-refractivity contribution in [3.8, 4) is 0 Å². The van der Waals surface area contributed by atoms with Crippen LogP contribution in [0.15, 0.2) is 0 Å². The minimum absolute atomic E-state index is 0.00370.